The second kappa shape index (κ2) is 6.92. The summed E-state index contributed by atoms with van der Waals surface area (Å²) in [6.45, 7) is 8.42. The van der Waals surface area contributed by atoms with Crippen LogP contribution in [0.25, 0.3) is 11.0 Å². The predicted octanol–water partition coefficient (Wildman–Crippen LogP) is 4.14. The minimum atomic E-state index is -0.110. The zero-order chi connectivity index (χ0) is 18.1. The second-order valence-corrected chi connectivity index (χ2v) is 7.02. The van der Waals surface area contributed by atoms with Crippen molar-refractivity contribution in [2.45, 2.75) is 33.7 Å². The molecule has 0 aliphatic rings. The number of aromatic nitrogens is 4. The summed E-state index contributed by atoms with van der Waals surface area (Å²) in [7, 11) is 0. The third-order valence-electron chi connectivity index (χ3n) is 4.03. The van der Waals surface area contributed by atoms with Gasteiger partial charge in [0.1, 0.15) is 5.82 Å². The highest BCUT2D eigenvalue weighted by Crippen LogP contribution is 2.22. The summed E-state index contributed by atoms with van der Waals surface area (Å²) in [6, 6.07) is 5.78. The largest absolute Gasteiger partial charge is 0.293 e. The number of anilines is 1. The molecule has 0 radical (unpaired) electrons. The van der Waals surface area contributed by atoms with E-state index in [1.165, 1.54) is 0 Å². The van der Waals surface area contributed by atoms with E-state index in [-0.39, 0.29) is 11.9 Å². The molecule has 0 bridgehead atoms. The predicted molar refractivity (Wildman–Crippen MR) is 102 cm³/mol. The van der Waals surface area contributed by atoms with E-state index in [2.05, 4.69) is 44.8 Å². The molecule has 3 heterocycles. The van der Waals surface area contributed by atoms with Crippen LogP contribution in [-0.4, -0.2) is 32.2 Å². The molecular weight excluding hydrogens is 382 g/mol. The molecule has 1 amide bonds. The monoisotopic (exact) mass is 401 g/mol. The lowest BCUT2D eigenvalue weighted by atomic mass is 10.1. The molecule has 3 aromatic heterocycles. The van der Waals surface area contributed by atoms with E-state index in [0.29, 0.717) is 23.6 Å². The fourth-order valence-corrected chi connectivity index (χ4v) is 2.98. The van der Waals surface area contributed by atoms with Crippen molar-refractivity contribution < 1.29 is 4.79 Å². The average Bonchev–Trinajstić information content (AvgIpc) is 2.99. The van der Waals surface area contributed by atoms with Gasteiger partial charge in [0.2, 0.25) is 0 Å². The summed E-state index contributed by atoms with van der Waals surface area (Å²) in [6.07, 6.45) is 3.44. The van der Waals surface area contributed by atoms with Crippen LogP contribution in [0.2, 0.25) is 0 Å². The average molecular weight is 402 g/mol. The maximum absolute atomic E-state index is 13.1. The lowest BCUT2D eigenvalue weighted by molar-refractivity contribution is 0.0986. The van der Waals surface area contributed by atoms with Crippen molar-refractivity contribution in [3.63, 3.8) is 0 Å². The Morgan fingerprint density at radius 1 is 1.32 bits per heavy atom. The van der Waals surface area contributed by atoms with Crippen LogP contribution in [0.4, 0.5) is 5.82 Å². The number of halogens is 1. The van der Waals surface area contributed by atoms with Gasteiger partial charge in [-0.3, -0.25) is 9.69 Å². The molecule has 0 atom stereocenters. The molecule has 3 rings (SSSR count). The van der Waals surface area contributed by atoms with Crippen molar-refractivity contribution in [1.29, 1.82) is 0 Å². The molecule has 0 N–H and O–H groups in total. The molecule has 0 saturated heterocycles. The Hall–Kier alpha value is -2.28. The molecule has 0 unspecified atom stereocenters. The third-order valence-corrected chi connectivity index (χ3v) is 4.50. The number of rotatable bonds is 4. The zero-order valence-corrected chi connectivity index (χ0v) is 16.3. The van der Waals surface area contributed by atoms with Crippen LogP contribution in [0.1, 0.15) is 42.9 Å². The number of pyridine rings is 2. The van der Waals surface area contributed by atoms with Gasteiger partial charge < -0.3 is 0 Å². The van der Waals surface area contributed by atoms with Gasteiger partial charge in [-0.2, -0.15) is 5.10 Å². The molecule has 0 aliphatic carbocycles. The maximum Gasteiger partial charge on any atom is 0.261 e. The standard InChI is InChI=1S/C18H20BrN5O/c1-5-23(16-7-6-14(19)10-20-16)18(25)15-8-13-9-21-24(11(2)3)17(13)22-12(15)4/h6-11H,5H2,1-4H3. The Morgan fingerprint density at radius 3 is 2.68 bits per heavy atom. The van der Waals surface area contributed by atoms with Gasteiger partial charge in [-0.1, -0.05) is 0 Å². The quantitative estimate of drug-likeness (QED) is 0.658. The maximum atomic E-state index is 13.1. The number of nitrogens with zero attached hydrogens (tertiary/aromatic N) is 5. The molecule has 3 aromatic rings. The van der Waals surface area contributed by atoms with Crippen LogP contribution in [0, 0.1) is 6.92 Å². The van der Waals surface area contributed by atoms with E-state index in [4.69, 9.17) is 0 Å². The highest BCUT2D eigenvalue weighted by molar-refractivity contribution is 9.10. The summed E-state index contributed by atoms with van der Waals surface area (Å²) in [4.78, 5) is 23.7. The van der Waals surface area contributed by atoms with Crippen molar-refractivity contribution in [1.82, 2.24) is 19.7 Å². The molecule has 0 spiro atoms. The Kier molecular flexibility index (Phi) is 4.85. The third kappa shape index (κ3) is 3.28. The van der Waals surface area contributed by atoms with Crippen molar-refractivity contribution >= 4 is 38.7 Å². The zero-order valence-electron chi connectivity index (χ0n) is 14.7. The van der Waals surface area contributed by atoms with E-state index in [1.54, 1.807) is 17.3 Å². The summed E-state index contributed by atoms with van der Waals surface area (Å²) >= 11 is 3.37. The minimum absolute atomic E-state index is 0.110. The summed E-state index contributed by atoms with van der Waals surface area (Å²) < 4.78 is 2.74. The molecular formula is C18H20BrN5O. The van der Waals surface area contributed by atoms with Gasteiger partial charge >= 0.3 is 0 Å². The number of fused-ring (bicyclic) bond motifs is 1. The molecule has 0 saturated carbocycles. The number of carbonyl (C=O) groups is 1. The highest BCUT2D eigenvalue weighted by atomic mass is 79.9. The summed E-state index contributed by atoms with van der Waals surface area (Å²) in [5.41, 5.74) is 2.06. The van der Waals surface area contributed by atoms with Gasteiger partial charge in [0.05, 0.1) is 17.5 Å². The van der Waals surface area contributed by atoms with Crippen LogP contribution >= 0.6 is 15.9 Å². The number of carbonyl (C=O) groups excluding carboxylic acids is 1. The van der Waals surface area contributed by atoms with Crippen LogP contribution in [-0.2, 0) is 0 Å². The Labute approximate surface area is 155 Å². The Morgan fingerprint density at radius 2 is 2.08 bits per heavy atom. The number of aryl methyl sites for hydroxylation is 1. The van der Waals surface area contributed by atoms with Gasteiger partial charge in [0, 0.05) is 28.6 Å². The highest BCUT2D eigenvalue weighted by Gasteiger charge is 2.21. The molecule has 7 heteroatoms. The molecule has 0 aliphatic heterocycles. The Balaban J connectivity index is 2.03. The van der Waals surface area contributed by atoms with Crippen LogP contribution in [0.5, 0.6) is 0 Å². The summed E-state index contributed by atoms with van der Waals surface area (Å²) in [5, 5.41) is 5.24. The van der Waals surface area contributed by atoms with E-state index in [1.807, 2.05) is 36.7 Å². The van der Waals surface area contributed by atoms with Gasteiger partial charge in [-0.05, 0) is 61.8 Å². The second-order valence-electron chi connectivity index (χ2n) is 6.10. The minimum Gasteiger partial charge on any atom is -0.293 e. The fraction of sp³-hybridized carbons (Fsp3) is 0.333. The molecule has 130 valence electrons. The SMILES string of the molecule is CCN(C(=O)c1cc2cnn(C(C)C)c2nc1C)c1ccc(Br)cn1. The smallest absolute Gasteiger partial charge is 0.261 e. The van der Waals surface area contributed by atoms with Crippen LogP contribution < -0.4 is 4.90 Å². The van der Waals surface area contributed by atoms with Crippen molar-refractivity contribution in [2.24, 2.45) is 0 Å². The van der Waals surface area contributed by atoms with Crippen molar-refractivity contribution in [2.75, 3.05) is 11.4 Å². The molecule has 0 fully saturated rings. The number of amides is 1. The summed E-state index contributed by atoms with van der Waals surface area (Å²) in [5.74, 6) is 0.509. The van der Waals surface area contributed by atoms with Gasteiger partial charge in [0.25, 0.3) is 5.91 Å². The van der Waals surface area contributed by atoms with Crippen molar-refractivity contribution in [3.05, 3.63) is 46.3 Å². The first kappa shape index (κ1) is 17.5. The first-order valence-electron chi connectivity index (χ1n) is 8.20. The number of hydrogen-bond acceptors (Lipinski definition) is 4. The van der Waals surface area contributed by atoms with E-state index >= 15 is 0 Å². The molecule has 6 nitrogen and oxygen atoms in total. The topological polar surface area (TPSA) is 63.9 Å². The number of hydrogen-bond donors (Lipinski definition) is 0. The molecule has 0 aromatic carbocycles. The van der Waals surface area contributed by atoms with E-state index < -0.39 is 0 Å². The van der Waals surface area contributed by atoms with Crippen LogP contribution in [0.3, 0.4) is 0 Å². The van der Waals surface area contributed by atoms with Crippen molar-refractivity contribution in [3.8, 4) is 0 Å². The van der Waals surface area contributed by atoms with Gasteiger partial charge in [-0.15, -0.1) is 0 Å². The Bertz CT molecular complexity index is 917. The van der Waals surface area contributed by atoms with Crippen LogP contribution in [0.15, 0.2) is 35.1 Å². The molecule has 25 heavy (non-hydrogen) atoms. The normalized spacial score (nSPS) is 11.3. The fourth-order valence-electron chi connectivity index (χ4n) is 2.74. The van der Waals surface area contributed by atoms with E-state index in [0.717, 1.165) is 15.5 Å². The first-order valence-corrected chi connectivity index (χ1v) is 9.00. The first-order chi connectivity index (χ1) is 11.9. The lowest BCUT2D eigenvalue weighted by Crippen LogP contribution is -2.32. The van der Waals surface area contributed by atoms with E-state index in [9.17, 15) is 4.79 Å². The van der Waals surface area contributed by atoms with Gasteiger partial charge in [-0.25, -0.2) is 14.6 Å². The van der Waals surface area contributed by atoms with Gasteiger partial charge in [0.15, 0.2) is 5.65 Å². The lowest BCUT2D eigenvalue weighted by Gasteiger charge is -2.20.